The molecule has 4 heteroatoms. The Kier molecular flexibility index (Phi) is 9.70. The first kappa shape index (κ1) is 25.0. The van der Waals surface area contributed by atoms with Gasteiger partial charge in [-0.2, -0.15) is 0 Å². The first-order valence-electron chi connectivity index (χ1n) is 12.7. The number of nitrogens with one attached hydrogen (secondary N) is 1. The maximum absolute atomic E-state index is 9.46. The van der Waals surface area contributed by atoms with Crippen LogP contribution in [0.3, 0.4) is 0 Å². The van der Waals surface area contributed by atoms with E-state index in [2.05, 4.69) is 49.2 Å². The number of halogens is 1. The van der Waals surface area contributed by atoms with Crippen LogP contribution in [-0.4, -0.2) is 48.8 Å². The molecule has 0 bridgehead atoms. The van der Waals surface area contributed by atoms with Crippen molar-refractivity contribution in [3.8, 4) is 0 Å². The highest BCUT2D eigenvalue weighted by Crippen LogP contribution is 2.44. The molecule has 0 amide bonds. The van der Waals surface area contributed by atoms with Gasteiger partial charge in [0.25, 0.3) is 0 Å². The van der Waals surface area contributed by atoms with Gasteiger partial charge in [0.1, 0.15) is 0 Å². The molecule has 0 aromatic heterocycles. The summed E-state index contributed by atoms with van der Waals surface area (Å²) in [7, 11) is 0. The van der Waals surface area contributed by atoms with Crippen LogP contribution in [0.5, 0.6) is 0 Å². The molecule has 0 aromatic rings. The molecule has 2 N–H and O–H groups in total. The van der Waals surface area contributed by atoms with Gasteiger partial charge in [0.2, 0.25) is 0 Å². The standard InChI is InChI=1S/C27H45ClN2O/c1-4-5-9-25(29-17-21-7-6-8-22(16-21)19-31)18-30-15-14-26(27(2,3)20-30)23-10-12-24(28)13-11-23/h7,12,16,23,25-26,29,31H,4-6,8-11,13-15,17-20H2,1-3H3/t23?,25-,26?/m1/s1. The molecule has 1 saturated heterocycles. The molecule has 3 aliphatic rings. The Morgan fingerprint density at radius 3 is 2.77 bits per heavy atom. The van der Waals surface area contributed by atoms with Gasteiger partial charge in [-0.25, -0.2) is 0 Å². The molecule has 3 nitrogen and oxygen atoms in total. The first-order valence-corrected chi connectivity index (χ1v) is 13.1. The summed E-state index contributed by atoms with van der Waals surface area (Å²) in [5.41, 5.74) is 2.88. The average Bonchev–Trinajstić information content (AvgIpc) is 2.76. The van der Waals surface area contributed by atoms with Crippen LogP contribution in [0.4, 0.5) is 0 Å². The van der Waals surface area contributed by atoms with Gasteiger partial charge in [-0.3, -0.25) is 0 Å². The van der Waals surface area contributed by atoms with Gasteiger partial charge in [0, 0.05) is 30.7 Å². The molecular weight excluding hydrogens is 404 g/mol. The molecule has 1 heterocycles. The van der Waals surface area contributed by atoms with E-state index in [0.29, 0.717) is 11.5 Å². The van der Waals surface area contributed by atoms with Crippen molar-refractivity contribution in [2.45, 2.75) is 84.6 Å². The summed E-state index contributed by atoms with van der Waals surface area (Å²) < 4.78 is 0. The minimum Gasteiger partial charge on any atom is -0.392 e. The van der Waals surface area contributed by atoms with Crippen molar-refractivity contribution in [2.24, 2.45) is 17.3 Å². The Balaban J connectivity index is 1.54. The lowest BCUT2D eigenvalue weighted by molar-refractivity contribution is 0.0138. The fraction of sp³-hybridized carbons (Fsp3) is 0.778. The summed E-state index contributed by atoms with van der Waals surface area (Å²) >= 11 is 6.24. The van der Waals surface area contributed by atoms with Crippen LogP contribution in [0.2, 0.25) is 0 Å². The number of allylic oxidation sites excluding steroid dienone is 3. The van der Waals surface area contributed by atoms with E-state index in [9.17, 15) is 5.11 Å². The number of piperidine rings is 1. The van der Waals surface area contributed by atoms with Crippen LogP contribution in [-0.2, 0) is 0 Å². The van der Waals surface area contributed by atoms with Crippen molar-refractivity contribution in [2.75, 3.05) is 32.8 Å². The van der Waals surface area contributed by atoms with Crippen molar-refractivity contribution in [3.63, 3.8) is 0 Å². The molecule has 176 valence electrons. The number of hydrogen-bond acceptors (Lipinski definition) is 3. The van der Waals surface area contributed by atoms with Gasteiger partial charge in [0.05, 0.1) is 6.61 Å². The number of likely N-dealkylation sites (tertiary alicyclic amines) is 1. The lowest BCUT2D eigenvalue weighted by atomic mass is 9.65. The molecule has 0 saturated carbocycles. The van der Waals surface area contributed by atoms with Gasteiger partial charge < -0.3 is 15.3 Å². The molecular formula is C27H45ClN2O. The molecule has 3 atom stereocenters. The Labute approximate surface area is 196 Å². The van der Waals surface area contributed by atoms with Crippen LogP contribution in [0, 0.1) is 17.3 Å². The van der Waals surface area contributed by atoms with Crippen LogP contribution in [0.1, 0.15) is 78.6 Å². The third kappa shape index (κ3) is 7.45. The molecule has 0 radical (unpaired) electrons. The lowest BCUT2D eigenvalue weighted by Gasteiger charge is -2.49. The van der Waals surface area contributed by atoms with Gasteiger partial charge in [-0.05, 0) is 79.9 Å². The second-order valence-electron chi connectivity index (χ2n) is 10.8. The number of aliphatic hydroxyl groups excluding tert-OH is 1. The topological polar surface area (TPSA) is 35.5 Å². The van der Waals surface area contributed by atoms with Gasteiger partial charge in [-0.1, -0.05) is 63.4 Å². The largest absolute Gasteiger partial charge is 0.392 e. The van der Waals surface area contributed by atoms with E-state index in [-0.39, 0.29) is 6.61 Å². The molecule has 0 spiro atoms. The van der Waals surface area contributed by atoms with E-state index >= 15 is 0 Å². The van der Waals surface area contributed by atoms with Crippen molar-refractivity contribution >= 4 is 11.6 Å². The van der Waals surface area contributed by atoms with E-state index in [1.54, 1.807) is 0 Å². The zero-order valence-electron chi connectivity index (χ0n) is 20.1. The molecule has 31 heavy (non-hydrogen) atoms. The number of rotatable bonds is 10. The maximum atomic E-state index is 9.46. The van der Waals surface area contributed by atoms with Crippen LogP contribution < -0.4 is 5.32 Å². The Bertz CT molecular complexity index is 666. The predicted molar refractivity (Wildman–Crippen MR) is 133 cm³/mol. The molecule has 2 aliphatic carbocycles. The van der Waals surface area contributed by atoms with E-state index in [1.807, 2.05) is 0 Å². The number of unbranched alkanes of at least 4 members (excludes halogenated alkanes) is 1. The molecule has 0 aromatic carbocycles. The highest BCUT2D eigenvalue weighted by atomic mass is 35.5. The molecule has 1 aliphatic heterocycles. The fourth-order valence-electron chi connectivity index (χ4n) is 6.07. The monoisotopic (exact) mass is 448 g/mol. The predicted octanol–water partition coefficient (Wildman–Crippen LogP) is 6.04. The zero-order valence-corrected chi connectivity index (χ0v) is 20.9. The Hall–Kier alpha value is -0.610. The van der Waals surface area contributed by atoms with E-state index in [1.165, 1.54) is 62.8 Å². The number of hydrogen-bond donors (Lipinski definition) is 2. The van der Waals surface area contributed by atoms with Crippen molar-refractivity contribution in [1.29, 1.82) is 0 Å². The second-order valence-corrected chi connectivity index (χ2v) is 11.3. The smallest absolute Gasteiger partial charge is 0.0645 e. The summed E-state index contributed by atoms with van der Waals surface area (Å²) in [6.07, 6.45) is 17.5. The van der Waals surface area contributed by atoms with E-state index in [4.69, 9.17) is 11.6 Å². The summed E-state index contributed by atoms with van der Waals surface area (Å²) in [5.74, 6) is 1.61. The van der Waals surface area contributed by atoms with Crippen molar-refractivity contribution in [3.05, 3.63) is 34.4 Å². The quantitative estimate of drug-likeness (QED) is 0.427. The van der Waals surface area contributed by atoms with Gasteiger partial charge in [-0.15, -0.1) is 0 Å². The Morgan fingerprint density at radius 1 is 1.26 bits per heavy atom. The van der Waals surface area contributed by atoms with E-state index < -0.39 is 0 Å². The first-order chi connectivity index (χ1) is 14.9. The van der Waals surface area contributed by atoms with E-state index in [0.717, 1.165) is 49.2 Å². The Morgan fingerprint density at radius 2 is 2.10 bits per heavy atom. The normalized spacial score (nSPS) is 28.0. The van der Waals surface area contributed by atoms with Crippen LogP contribution in [0.15, 0.2) is 34.4 Å². The minimum absolute atomic E-state index is 0.198. The SMILES string of the molecule is CCCC[C@H](CN1CCC(C2CC=C(Cl)CC2)C(C)(C)C1)NCC1=CCCC(CO)=C1. The third-order valence-corrected chi connectivity index (χ3v) is 8.14. The summed E-state index contributed by atoms with van der Waals surface area (Å²) in [6.45, 7) is 12.0. The molecule has 3 rings (SSSR count). The summed E-state index contributed by atoms with van der Waals surface area (Å²) in [4.78, 5) is 2.72. The second kappa shape index (κ2) is 12.0. The zero-order chi connectivity index (χ0) is 22.3. The van der Waals surface area contributed by atoms with Crippen molar-refractivity contribution < 1.29 is 5.11 Å². The maximum Gasteiger partial charge on any atom is 0.0645 e. The van der Waals surface area contributed by atoms with Crippen molar-refractivity contribution in [1.82, 2.24) is 10.2 Å². The molecule has 1 fully saturated rings. The third-order valence-electron chi connectivity index (χ3n) is 7.80. The number of aliphatic hydroxyl groups is 1. The van der Waals surface area contributed by atoms with Gasteiger partial charge >= 0.3 is 0 Å². The summed E-state index contributed by atoms with van der Waals surface area (Å²) in [6, 6.07) is 0.539. The minimum atomic E-state index is 0.198. The summed E-state index contributed by atoms with van der Waals surface area (Å²) in [5, 5.41) is 14.4. The van der Waals surface area contributed by atoms with Gasteiger partial charge in [0.15, 0.2) is 0 Å². The number of nitrogens with zero attached hydrogens (tertiary/aromatic N) is 1. The fourth-order valence-corrected chi connectivity index (χ4v) is 6.27. The molecule has 2 unspecified atom stereocenters. The highest BCUT2D eigenvalue weighted by molar-refractivity contribution is 6.29. The van der Waals surface area contributed by atoms with Crippen LogP contribution >= 0.6 is 11.6 Å². The highest BCUT2D eigenvalue weighted by Gasteiger charge is 2.40. The lowest BCUT2D eigenvalue weighted by Crippen LogP contribution is -2.52. The average molecular weight is 449 g/mol. The van der Waals surface area contributed by atoms with Crippen LogP contribution in [0.25, 0.3) is 0 Å².